The highest BCUT2D eigenvalue weighted by molar-refractivity contribution is 5.79. The van der Waals surface area contributed by atoms with Crippen LogP contribution in [-0.4, -0.2) is 44.3 Å². The smallest absolute Gasteiger partial charge is 0.227 e. The summed E-state index contributed by atoms with van der Waals surface area (Å²) in [6.07, 6.45) is 1.66. The highest BCUT2D eigenvalue weighted by atomic mass is 16.5. The highest BCUT2D eigenvalue weighted by Gasteiger charge is 2.32. The summed E-state index contributed by atoms with van der Waals surface area (Å²) < 4.78 is 10.4. The second kappa shape index (κ2) is 6.49. The number of aromatic nitrogens is 1. The number of nitrogens with zero attached hydrogens (tertiary/aromatic N) is 1. The van der Waals surface area contributed by atoms with Gasteiger partial charge in [0, 0.05) is 24.8 Å². The number of likely N-dealkylation sites (N-methyl/N-ethyl adjacent to an activating group) is 1. The molecule has 2 heterocycles. The second-order valence-corrected chi connectivity index (χ2v) is 4.46. The lowest BCUT2D eigenvalue weighted by molar-refractivity contribution is -0.125. The van der Waals surface area contributed by atoms with Gasteiger partial charge in [0.15, 0.2) is 0 Å². The molecule has 2 unspecified atom stereocenters. The van der Waals surface area contributed by atoms with Crippen molar-refractivity contribution in [2.75, 3.05) is 27.4 Å². The predicted molar refractivity (Wildman–Crippen MR) is 69.8 cm³/mol. The number of nitrogens with one attached hydrogen (secondary N) is 2. The molecular formula is C13H19N3O3. The normalized spacial score (nSPS) is 22.2. The highest BCUT2D eigenvalue weighted by Crippen LogP contribution is 2.14. The van der Waals surface area contributed by atoms with Gasteiger partial charge in [0.2, 0.25) is 11.8 Å². The molecule has 6 heteroatoms. The van der Waals surface area contributed by atoms with Gasteiger partial charge in [-0.05, 0) is 18.7 Å². The Kier molecular flexibility index (Phi) is 4.70. The van der Waals surface area contributed by atoms with Gasteiger partial charge in [-0.2, -0.15) is 0 Å². The van der Waals surface area contributed by atoms with Gasteiger partial charge in [-0.1, -0.05) is 0 Å². The van der Waals surface area contributed by atoms with Crippen LogP contribution in [0.5, 0.6) is 5.88 Å². The average molecular weight is 265 g/mol. The molecule has 0 bridgehead atoms. The monoisotopic (exact) mass is 265 g/mol. The average Bonchev–Trinajstić information content (AvgIpc) is 2.93. The molecule has 0 aliphatic carbocycles. The summed E-state index contributed by atoms with van der Waals surface area (Å²) in [4.78, 5) is 16.1. The minimum atomic E-state index is -0.131. The fourth-order valence-electron chi connectivity index (χ4n) is 2.09. The number of hydrogen-bond donors (Lipinski definition) is 2. The van der Waals surface area contributed by atoms with E-state index < -0.39 is 0 Å². The summed E-state index contributed by atoms with van der Waals surface area (Å²) in [5.41, 5.74) is 0.958. The number of rotatable bonds is 5. The van der Waals surface area contributed by atoms with E-state index in [0.29, 0.717) is 25.6 Å². The molecule has 1 aliphatic rings. The van der Waals surface area contributed by atoms with E-state index in [9.17, 15) is 4.79 Å². The molecule has 1 aromatic rings. The van der Waals surface area contributed by atoms with Gasteiger partial charge in [0.05, 0.1) is 26.2 Å². The fraction of sp³-hybridized carbons (Fsp3) is 0.538. The lowest BCUT2D eigenvalue weighted by Gasteiger charge is -2.16. The number of hydrogen-bond acceptors (Lipinski definition) is 5. The van der Waals surface area contributed by atoms with Crippen molar-refractivity contribution in [3.05, 3.63) is 23.9 Å². The Morgan fingerprint density at radius 3 is 3.16 bits per heavy atom. The third-order valence-corrected chi connectivity index (χ3v) is 3.26. The topological polar surface area (TPSA) is 72.5 Å². The van der Waals surface area contributed by atoms with E-state index in [1.165, 1.54) is 0 Å². The number of methoxy groups -OCH3 is 1. The van der Waals surface area contributed by atoms with E-state index in [4.69, 9.17) is 9.47 Å². The maximum absolute atomic E-state index is 12.1. The molecule has 0 aromatic carbocycles. The van der Waals surface area contributed by atoms with Crippen LogP contribution < -0.4 is 15.4 Å². The molecule has 19 heavy (non-hydrogen) atoms. The molecule has 0 spiro atoms. The van der Waals surface area contributed by atoms with Crippen molar-refractivity contribution in [1.82, 2.24) is 15.6 Å². The molecule has 1 aromatic heterocycles. The third kappa shape index (κ3) is 3.42. The third-order valence-electron chi connectivity index (χ3n) is 3.26. The van der Waals surface area contributed by atoms with Crippen LogP contribution in [0.15, 0.2) is 18.3 Å². The Bertz CT molecular complexity index is 439. The molecule has 2 atom stereocenters. The predicted octanol–water partition coefficient (Wildman–Crippen LogP) is -0.0592. The maximum Gasteiger partial charge on any atom is 0.227 e. The molecule has 0 radical (unpaired) electrons. The molecule has 2 rings (SSSR count). The first-order valence-electron chi connectivity index (χ1n) is 6.26. The number of carbonyl (C=O) groups is 1. The van der Waals surface area contributed by atoms with Crippen molar-refractivity contribution in [3.63, 3.8) is 0 Å². The first-order chi connectivity index (χ1) is 9.24. The summed E-state index contributed by atoms with van der Waals surface area (Å²) in [7, 11) is 3.41. The molecule has 0 saturated carbocycles. The van der Waals surface area contributed by atoms with Crippen molar-refractivity contribution in [2.24, 2.45) is 5.92 Å². The van der Waals surface area contributed by atoms with Crippen LogP contribution in [0.3, 0.4) is 0 Å². The summed E-state index contributed by atoms with van der Waals surface area (Å²) in [6.45, 7) is 1.51. The van der Waals surface area contributed by atoms with Gasteiger partial charge in [0.1, 0.15) is 0 Å². The number of amides is 1. The quantitative estimate of drug-likeness (QED) is 0.780. The standard InChI is InChI=1S/C13H19N3O3/c1-14-11-8-19-7-10(11)13(17)16-6-9-3-4-15-12(5-9)18-2/h3-5,10-11,14H,6-8H2,1-2H3,(H,16,17). The number of pyridine rings is 1. The van der Waals surface area contributed by atoms with E-state index in [0.717, 1.165) is 5.56 Å². The lowest BCUT2D eigenvalue weighted by Crippen LogP contribution is -2.42. The van der Waals surface area contributed by atoms with E-state index in [1.807, 2.05) is 13.1 Å². The Labute approximate surface area is 112 Å². The Morgan fingerprint density at radius 2 is 2.42 bits per heavy atom. The van der Waals surface area contributed by atoms with Crippen LogP contribution in [-0.2, 0) is 16.1 Å². The zero-order valence-electron chi connectivity index (χ0n) is 11.2. The Morgan fingerprint density at radius 1 is 1.58 bits per heavy atom. The number of carbonyl (C=O) groups excluding carboxylic acids is 1. The van der Waals surface area contributed by atoms with E-state index >= 15 is 0 Å². The molecule has 1 fully saturated rings. The zero-order valence-corrected chi connectivity index (χ0v) is 11.2. The van der Waals surface area contributed by atoms with Crippen molar-refractivity contribution in [3.8, 4) is 5.88 Å². The molecular weight excluding hydrogens is 246 g/mol. The molecule has 1 saturated heterocycles. The van der Waals surface area contributed by atoms with E-state index in [2.05, 4.69) is 15.6 Å². The van der Waals surface area contributed by atoms with Gasteiger partial charge in [-0.15, -0.1) is 0 Å². The van der Waals surface area contributed by atoms with Gasteiger partial charge >= 0.3 is 0 Å². The Hall–Kier alpha value is -1.66. The molecule has 2 N–H and O–H groups in total. The van der Waals surface area contributed by atoms with E-state index in [-0.39, 0.29) is 17.9 Å². The zero-order chi connectivity index (χ0) is 13.7. The van der Waals surface area contributed by atoms with Crippen LogP contribution in [0, 0.1) is 5.92 Å². The maximum atomic E-state index is 12.1. The van der Waals surface area contributed by atoms with Crippen LogP contribution in [0.4, 0.5) is 0 Å². The summed E-state index contributed by atoms with van der Waals surface area (Å²) in [6, 6.07) is 3.75. The van der Waals surface area contributed by atoms with Gasteiger partial charge < -0.3 is 20.1 Å². The summed E-state index contributed by atoms with van der Waals surface area (Å²) >= 11 is 0. The SMILES string of the molecule is CNC1COCC1C(=O)NCc1ccnc(OC)c1. The molecule has 104 valence electrons. The van der Waals surface area contributed by atoms with Crippen LogP contribution >= 0.6 is 0 Å². The lowest BCUT2D eigenvalue weighted by atomic mass is 10.0. The van der Waals surface area contributed by atoms with Crippen molar-refractivity contribution < 1.29 is 14.3 Å². The minimum Gasteiger partial charge on any atom is -0.481 e. The van der Waals surface area contributed by atoms with E-state index in [1.54, 1.807) is 19.4 Å². The molecule has 1 amide bonds. The van der Waals surface area contributed by atoms with Gasteiger partial charge in [-0.3, -0.25) is 4.79 Å². The minimum absolute atomic E-state index is 0.00706. The Balaban J connectivity index is 1.89. The van der Waals surface area contributed by atoms with Crippen molar-refractivity contribution >= 4 is 5.91 Å². The fourth-order valence-corrected chi connectivity index (χ4v) is 2.09. The first kappa shape index (κ1) is 13.8. The summed E-state index contributed by atoms with van der Waals surface area (Å²) in [5.74, 6) is 0.422. The molecule has 1 aliphatic heterocycles. The number of ether oxygens (including phenoxy) is 2. The molecule has 6 nitrogen and oxygen atoms in total. The van der Waals surface area contributed by atoms with Gasteiger partial charge in [-0.25, -0.2) is 4.98 Å². The van der Waals surface area contributed by atoms with Crippen LogP contribution in [0.1, 0.15) is 5.56 Å². The van der Waals surface area contributed by atoms with Crippen molar-refractivity contribution in [2.45, 2.75) is 12.6 Å². The summed E-state index contributed by atoms with van der Waals surface area (Å²) in [5, 5.41) is 6.01. The van der Waals surface area contributed by atoms with Gasteiger partial charge in [0.25, 0.3) is 0 Å². The first-order valence-corrected chi connectivity index (χ1v) is 6.26. The van der Waals surface area contributed by atoms with Crippen LogP contribution in [0.2, 0.25) is 0 Å². The largest absolute Gasteiger partial charge is 0.481 e. The van der Waals surface area contributed by atoms with Crippen molar-refractivity contribution in [1.29, 1.82) is 0 Å². The second-order valence-electron chi connectivity index (χ2n) is 4.46. The van der Waals surface area contributed by atoms with Crippen LogP contribution in [0.25, 0.3) is 0 Å².